The van der Waals surface area contributed by atoms with E-state index in [4.69, 9.17) is 9.15 Å². The minimum Gasteiger partial charge on any atom is -0.456 e. The molecule has 0 aliphatic heterocycles. The summed E-state index contributed by atoms with van der Waals surface area (Å²) in [5.41, 5.74) is 2.08. The molecular weight excluding hydrogens is 360 g/mol. The van der Waals surface area contributed by atoms with Crippen molar-refractivity contribution in [3.05, 3.63) is 70.7 Å². The van der Waals surface area contributed by atoms with Gasteiger partial charge in [0.25, 0.3) is 5.91 Å². The lowest BCUT2D eigenvalue weighted by Crippen LogP contribution is -2.33. The van der Waals surface area contributed by atoms with Gasteiger partial charge in [-0.2, -0.15) is 0 Å². The Morgan fingerprint density at radius 1 is 1.11 bits per heavy atom. The molecule has 1 heterocycles. The zero-order valence-electron chi connectivity index (χ0n) is 15.8. The van der Waals surface area contributed by atoms with Crippen molar-refractivity contribution in [1.82, 2.24) is 9.47 Å². The Bertz CT molecular complexity index is 1020. The number of aryl methyl sites for hydroxylation is 1. The van der Waals surface area contributed by atoms with Crippen LogP contribution in [0.15, 0.2) is 63.8 Å². The molecule has 0 fully saturated rings. The maximum absolute atomic E-state index is 12.3. The molecule has 2 aromatic carbocycles. The second kappa shape index (κ2) is 8.56. The summed E-state index contributed by atoms with van der Waals surface area (Å²) in [6.45, 7) is 1.69. The van der Waals surface area contributed by atoms with E-state index in [1.807, 2.05) is 37.3 Å². The average molecular weight is 382 g/mol. The molecule has 0 radical (unpaired) electrons. The standard InChI is InChI=1S/C21H22N2O5/c1-15(16-8-4-3-5-9-16)22(2)19(24)14-27-20(25)12-13-23-17-10-6-7-11-18(17)28-21(23)26/h3-11,15H,12-14H2,1-2H3/t15-/m1/s1. The lowest BCUT2D eigenvalue weighted by Gasteiger charge is -2.25. The van der Waals surface area contributed by atoms with Crippen molar-refractivity contribution in [2.75, 3.05) is 13.7 Å². The number of rotatable bonds is 7. The highest BCUT2D eigenvalue weighted by Gasteiger charge is 2.19. The van der Waals surface area contributed by atoms with Gasteiger partial charge < -0.3 is 14.1 Å². The van der Waals surface area contributed by atoms with Gasteiger partial charge in [0.2, 0.25) is 0 Å². The Balaban J connectivity index is 1.52. The molecule has 1 aromatic heterocycles. The molecule has 28 heavy (non-hydrogen) atoms. The molecule has 0 N–H and O–H groups in total. The number of likely N-dealkylation sites (N-methyl/N-ethyl adjacent to an activating group) is 1. The van der Waals surface area contributed by atoms with Gasteiger partial charge in [-0.1, -0.05) is 42.5 Å². The van der Waals surface area contributed by atoms with Gasteiger partial charge in [-0.3, -0.25) is 14.2 Å². The first-order chi connectivity index (χ1) is 13.5. The summed E-state index contributed by atoms with van der Waals surface area (Å²) < 4.78 is 11.6. The molecule has 0 bridgehead atoms. The van der Waals surface area contributed by atoms with Gasteiger partial charge in [0.15, 0.2) is 12.2 Å². The maximum atomic E-state index is 12.3. The molecule has 146 valence electrons. The fourth-order valence-electron chi connectivity index (χ4n) is 2.92. The van der Waals surface area contributed by atoms with Gasteiger partial charge in [0, 0.05) is 13.6 Å². The van der Waals surface area contributed by atoms with Gasteiger partial charge in [-0.05, 0) is 24.6 Å². The quantitative estimate of drug-likeness (QED) is 0.587. The Morgan fingerprint density at radius 2 is 1.79 bits per heavy atom. The first-order valence-electron chi connectivity index (χ1n) is 9.02. The van der Waals surface area contributed by atoms with Crippen molar-refractivity contribution < 1.29 is 18.7 Å². The van der Waals surface area contributed by atoms with Gasteiger partial charge in [0.1, 0.15) is 0 Å². The van der Waals surface area contributed by atoms with Gasteiger partial charge in [-0.25, -0.2) is 4.79 Å². The normalized spacial score (nSPS) is 11.9. The average Bonchev–Trinajstić information content (AvgIpc) is 3.04. The predicted octanol–water partition coefficient (Wildman–Crippen LogP) is 2.75. The molecule has 1 atom stereocenters. The van der Waals surface area contributed by atoms with E-state index in [1.165, 1.54) is 9.47 Å². The molecule has 3 aromatic rings. The van der Waals surface area contributed by atoms with Crippen LogP contribution in [0.4, 0.5) is 0 Å². The van der Waals surface area contributed by atoms with Crippen LogP contribution in [-0.4, -0.2) is 35.0 Å². The van der Waals surface area contributed by atoms with Crippen molar-refractivity contribution in [1.29, 1.82) is 0 Å². The Morgan fingerprint density at radius 3 is 2.54 bits per heavy atom. The van der Waals surface area contributed by atoms with Crippen molar-refractivity contribution in [2.45, 2.75) is 25.9 Å². The van der Waals surface area contributed by atoms with Crippen LogP contribution in [0.2, 0.25) is 0 Å². The van der Waals surface area contributed by atoms with Gasteiger partial charge >= 0.3 is 11.7 Å². The Hall–Kier alpha value is -3.35. The monoisotopic (exact) mass is 382 g/mol. The number of fused-ring (bicyclic) bond motifs is 1. The zero-order valence-corrected chi connectivity index (χ0v) is 15.8. The zero-order chi connectivity index (χ0) is 20.1. The maximum Gasteiger partial charge on any atom is 0.419 e. The smallest absolute Gasteiger partial charge is 0.419 e. The second-order valence-electron chi connectivity index (χ2n) is 6.49. The number of hydrogen-bond donors (Lipinski definition) is 0. The van der Waals surface area contributed by atoms with Crippen molar-refractivity contribution in [3.8, 4) is 0 Å². The molecule has 0 unspecified atom stereocenters. The summed E-state index contributed by atoms with van der Waals surface area (Å²) >= 11 is 0. The van der Waals surface area contributed by atoms with Crippen molar-refractivity contribution >= 4 is 23.0 Å². The Kier molecular flexibility index (Phi) is 5.93. The fourth-order valence-corrected chi connectivity index (χ4v) is 2.92. The number of nitrogens with zero attached hydrogens (tertiary/aromatic N) is 2. The van der Waals surface area contributed by atoms with Gasteiger partial charge in [-0.15, -0.1) is 0 Å². The Labute approximate surface area is 162 Å². The van der Waals surface area contributed by atoms with Crippen LogP contribution in [-0.2, 0) is 20.9 Å². The molecule has 0 aliphatic carbocycles. The number of ether oxygens (including phenoxy) is 1. The van der Waals surface area contributed by atoms with Crippen LogP contribution in [0.1, 0.15) is 24.9 Å². The molecular formula is C21H22N2O5. The molecule has 0 saturated carbocycles. The number of esters is 1. The first kappa shape index (κ1) is 19.4. The minimum absolute atomic E-state index is 0.0331. The summed E-state index contributed by atoms with van der Waals surface area (Å²) in [7, 11) is 1.67. The number of para-hydroxylation sites is 2. The molecule has 0 saturated heterocycles. The lowest BCUT2D eigenvalue weighted by atomic mass is 10.1. The van der Waals surface area contributed by atoms with E-state index in [0.29, 0.717) is 11.1 Å². The molecule has 7 heteroatoms. The topological polar surface area (TPSA) is 81.8 Å². The number of hydrogen-bond acceptors (Lipinski definition) is 5. The van der Waals surface area contributed by atoms with E-state index >= 15 is 0 Å². The lowest BCUT2D eigenvalue weighted by molar-refractivity contribution is -0.152. The van der Waals surface area contributed by atoms with Crippen LogP contribution < -0.4 is 5.76 Å². The van der Waals surface area contributed by atoms with Crippen LogP contribution in [0, 0.1) is 0 Å². The number of benzene rings is 2. The molecule has 3 rings (SSSR count). The number of oxazole rings is 1. The minimum atomic E-state index is -0.550. The molecule has 0 aliphatic rings. The summed E-state index contributed by atoms with van der Waals surface area (Å²) in [4.78, 5) is 37.8. The van der Waals surface area contributed by atoms with E-state index < -0.39 is 11.7 Å². The third kappa shape index (κ3) is 4.31. The number of carbonyl (C=O) groups is 2. The molecule has 7 nitrogen and oxygen atoms in total. The summed E-state index contributed by atoms with van der Waals surface area (Å²) in [5.74, 6) is -1.37. The predicted molar refractivity (Wildman–Crippen MR) is 104 cm³/mol. The summed E-state index contributed by atoms with van der Waals surface area (Å²) in [6, 6.07) is 16.5. The number of carbonyl (C=O) groups excluding carboxylic acids is 2. The second-order valence-corrected chi connectivity index (χ2v) is 6.49. The van der Waals surface area contributed by atoms with E-state index in [0.717, 1.165) is 5.56 Å². The van der Waals surface area contributed by atoms with Crippen LogP contribution >= 0.6 is 0 Å². The first-order valence-corrected chi connectivity index (χ1v) is 9.02. The number of amides is 1. The highest BCUT2D eigenvalue weighted by atomic mass is 16.5. The van der Waals surface area contributed by atoms with E-state index in [2.05, 4.69) is 0 Å². The fraction of sp³-hybridized carbons (Fsp3) is 0.286. The highest BCUT2D eigenvalue weighted by Crippen LogP contribution is 2.18. The van der Waals surface area contributed by atoms with E-state index in [-0.39, 0.29) is 31.5 Å². The summed E-state index contributed by atoms with van der Waals surface area (Å²) in [5, 5.41) is 0. The largest absolute Gasteiger partial charge is 0.456 e. The van der Waals surface area contributed by atoms with Crippen LogP contribution in [0.3, 0.4) is 0 Å². The van der Waals surface area contributed by atoms with Gasteiger partial charge in [0.05, 0.1) is 18.0 Å². The van der Waals surface area contributed by atoms with Crippen LogP contribution in [0.25, 0.3) is 11.1 Å². The molecule has 1 amide bonds. The molecule has 0 spiro atoms. The third-order valence-corrected chi connectivity index (χ3v) is 4.73. The highest BCUT2D eigenvalue weighted by molar-refractivity contribution is 5.81. The van der Waals surface area contributed by atoms with Crippen molar-refractivity contribution in [3.63, 3.8) is 0 Å². The third-order valence-electron chi connectivity index (χ3n) is 4.73. The van der Waals surface area contributed by atoms with E-state index in [9.17, 15) is 14.4 Å². The summed E-state index contributed by atoms with van der Waals surface area (Å²) in [6.07, 6.45) is -0.0331. The van der Waals surface area contributed by atoms with Crippen LogP contribution in [0.5, 0.6) is 0 Å². The SMILES string of the molecule is C[C@H](c1ccccc1)N(C)C(=O)COC(=O)CCn1c(=O)oc2ccccc21. The van der Waals surface area contributed by atoms with E-state index in [1.54, 1.807) is 31.3 Å². The number of aromatic nitrogens is 1. The van der Waals surface area contributed by atoms with Crippen molar-refractivity contribution in [2.24, 2.45) is 0 Å².